The van der Waals surface area contributed by atoms with Gasteiger partial charge in [-0.3, -0.25) is 0 Å². The Morgan fingerprint density at radius 1 is 1.25 bits per heavy atom. The second-order valence-corrected chi connectivity index (χ2v) is 5.05. The molecule has 2 heteroatoms. The van der Waals surface area contributed by atoms with Crippen LogP contribution in [0.25, 0.3) is 5.57 Å². The maximum atomic E-state index is 2.26. The van der Waals surface area contributed by atoms with E-state index >= 15 is 0 Å². The molecule has 1 aliphatic rings. The van der Waals surface area contributed by atoms with E-state index in [1.807, 2.05) is 21.6 Å². The number of hydrogen-bond donors (Lipinski definition) is 0. The molecule has 0 saturated heterocycles. The molecule has 1 heterocycles. The Labute approximate surface area is 80.8 Å². The molecule has 1 aliphatic heterocycles. The molecule has 0 fully saturated rings. The van der Waals surface area contributed by atoms with Crippen LogP contribution in [-0.4, -0.2) is 5.75 Å². The van der Waals surface area contributed by atoms with Gasteiger partial charge in [0.1, 0.15) is 0 Å². The number of benzene rings is 1. The summed E-state index contributed by atoms with van der Waals surface area (Å²) in [7, 11) is 3.75. The average molecular weight is 194 g/mol. The van der Waals surface area contributed by atoms with Crippen molar-refractivity contribution < 1.29 is 0 Å². The molecule has 0 atom stereocenters. The highest BCUT2D eigenvalue weighted by molar-refractivity contribution is 8.78. The third kappa shape index (κ3) is 1.54. The van der Waals surface area contributed by atoms with Crippen LogP contribution in [0.4, 0.5) is 0 Å². The summed E-state index contributed by atoms with van der Waals surface area (Å²) in [5.74, 6) is 1.15. The maximum Gasteiger partial charge on any atom is 0.0303 e. The molecule has 62 valence electrons. The quantitative estimate of drug-likeness (QED) is 0.625. The smallest absolute Gasteiger partial charge is 0.0303 e. The Morgan fingerprint density at radius 2 is 2.08 bits per heavy atom. The highest BCUT2D eigenvalue weighted by Gasteiger charge is 2.09. The first kappa shape index (κ1) is 8.27. The van der Waals surface area contributed by atoms with E-state index in [4.69, 9.17) is 0 Å². The summed E-state index contributed by atoms with van der Waals surface area (Å²) in [4.78, 5) is 0. The normalized spacial score (nSPS) is 16.2. The third-order valence-electron chi connectivity index (χ3n) is 1.96. The van der Waals surface area contributed by atoms with Gasteiger partial charge in [0.2, 0.25) is 0 Å². The molecular formula is C10H10S2. The molecule has 0 nitrogen and oxygen atoms in total. The van der Waals surface area contributed by atoms with E-state index in [0.29, 0.717) is 0 Å². The van der Waals surface area contributed by atoms with Crippen molar-refractivity contribution in [3.8, 4) is 0 Å². The van der Waals surface area contributed by atoms with Gasteiger partial charge in [-0.1, -0.05) is 45.9 Å². The standard InChI is InChI=1S/C10H10S2/c1-8-4-2-3-5-10(8)9-6-11-12-7-9/h2-6H,7H2,1H3. The van der Waals surface area contributed by atoms with E-state index in [1.54, 1.807) is 0 Å². The Bertz CT molecular complexity index is 315. The molecule has 0 radical (unpaired) electrons. The van der Waals surface area contributed by atoms with Gasteiger partial charge in [0.25, 0.3) is 0 Å². The van der Waals surface area contributed by atoms with Gasteiger partial charge < -0.3 is 0 Å². The molecule has 0 aromatic heterocycles. The van der Waals surface area contributed by atoms with Crippen molar-refractivity contribution >= 4 is 27.2 Å². The van der Waals surface area contributed by atoms with Crippen molar-refractivity contribution in [3.05, 3.63) is 40.8 Å². The zero-order valence-corrected chi connectivity index (χ0v) is 8.54. The Morgan fingerprint density at radius 3 is 2.75 bits per heavy atom. The highest BCUT2D eigenvalue weighted by atomic mass is 33.1. The maximum absolute atomic E-state index is 2.26. The first-order valence-electron chi connectivity index (χ1n) is 3.91. The van der Waals surface area contributed by atoms with Crippen molar-refractivity contribution in [2.75, 3.05) is 5.75 Å². The van der Waals surface area contributed by atoms with Crippen LogP contribution in [0.3, 0.4) is 0 Å². The van der Waals surface area contributed by atoms with Crippen molar-refractivity contribution in [2.24, 2.45) is 0 Å². The fourth-order valence-electron chi connectivity index (χ4n) is 1.30. The summed E-state index contributed by atoms with van der Waals surface area (Å²) in [6, 6.07) is 8.57. The van der Waals surface area contributed by atoms with E-state index in [2.05, 4.69) is 36.6 Å². The van der Waals surface area contributed by atoms with Gasteiger partial charge in [-0.25, -0.2) is 0 Å². The molecule has 0 unspecified atom stereocenters. The van der Waals surface area contributed by atoms with E-state index in [0.717, 1.165) is 5.75 Å². The van der Waals surface area contributed by atoms with Gasteiger partial charge in [-0.05, 0) is 29.0 Å². The van der Waals surface area contributed by atoms with Crippen molar-refractivity contribution in [3.63, 3.8) is 0 Å². The van der Waals surface area contributed by atoms with Gasteiger partial charge in [0.15, 0.2) is 0 Å². The first-order chi connectivity index (χ1) is 5.88. The minimum absolute atomic E-state index is 1.15. The Kier molecular flexibility index (Phi) is 2.47. The zero-order chi connectivity index (χ0) is 8.39. The summed E-state index contributed by atoms with van der Waals surface area (Å²) >= 11 is 0. The topological polar surface area (TPSA) is 0 Å². The SMILES string of the molecule is Cc1ccccc1C1=CSSC1. The second kappa shape index (κ2) is 3.58. The fraction of sp³-hybridized carbons (Fsp3) is 0.200. The summed E-state index contributed by atoms with van der Waals surface area (Å²) in [5, 5.41) is 2.26. The van der Waals surface area contributed by atoms with Gasteiger partial charge in [-0.2, -0.15) is 0 Å². The van der Waals surface area contributed by atoms with Gasteiger partial charge in [0.05, 0.1) is 0 Å². The van der Waals surface area contributed by atoms with Gasteiger partial charge >= 0.3 is 0 Å². The fourth-order valence-corrected chi connectivity index (χ4v) is 3.37. The van der Waals surface area contributed by atoms with Crippen molar-refractivity contribution in [1.82, 2.24) is 0 Å². The Hall–Kier alpha value is -0.340. The van der Waals surface area contributed by atoms with Crippen LogP contribution in [0.15, 0.2) is 29.7 Å². The molecule has 0 amide bonds. The van der Waals surface area contributed by atoms with Gasteiger partial charge in [-0.15, -0.1) is 0 Å². The summed E-state index contributed by atoms with van der Waals surface area (Å²) in [6.07, 6.45) is 0. The Balaban J connectivity index is 2.39. The largest absolute Gasteiger partial charge is 0.0847 e. The second-order valence-electron chi connectivity index (χ2n) is 2.82. The van der Waals surface area contributed by atoms with Crippen LogP contribution >= 0.6 is 21.6 Å². The lowest BCUT2D eigenvalue weighted by Crippen LogP contribution is -1.87. The molecular weight excluding hydrogens is 184 g/mol. The average Bonchev–Trinajstić information content (AvgIpc) is 2.57. The van der Waals surface area contributed by atoms with Crippen LogP contribution in [-0.2, 0) is 0 Å². The highest BCUT2D eigenvalue weighted by Crippen LogP contribution is 2.39. The van der Waals surface area contributed by atoms with Crippen molar-refractivity contribution in [2.45, 2.75) is 6.92 Å². The monoisotopic (exact) mass is 194 g/mol. The molecule has 1 aromatic carbocycles. The van der Waals surface area contributed by atoms with E-state index < -0.39 is 0 Å². The molecule has 2 rings (SSSR count). The summed E-state index contributed by atoms with van der Waals surface area (Å²) < 4.78 is 0. The minimum atomic E-state index is 1.15. The third-order valence-corrected chi connectivity index (χ3v) is 3.96. The number of aryl methyl sites for hydroxylation is 1. The first-order valence-corrected chi connectivity index (χ1v) is 6.29. The molecule has 0 N–H and O–H groups in total. The molecule has 0 aliphatic carbocycles. The summed E-state index contributed by atoms with van der Waals surface area (Å²) in [5.41, 5.74) is 4.27. The van der Waals surface area contributed by atoms with Crippen LogP contribution in [0, 0.1) is 6.92 Å². The lowest BCUT2D eigenvalue weighted by Gasteiger charge is -2.04. The van der Waals surface area contributed by atoms with E-state index in [1.165, 1.54) is 16.7 Å². The zero-order valence-electron chi connectivity index (χ0n) is 6.91. The summed E-state index contributed by atoms with van der Waals surface area (Å²) in [6.45, 7) is 2.17. The molecule has 0 bridgehead atoms. The number of hydrogen-bond acceptors (Lipinski definition) is 2. The minimum Gasteiger partial charge on any atom is -0.0847 e. The van der Waals surface area contributed by atoms with E-state index in [-0.39, 0.29) is 0 Å². The van der Waals surface area contributed by atoms with Crippen LogP contribution in [0.1, 0.15) is 11.1 Å². The predicted octanol–water partition coefficient (Wildman–Crippen LogP) is 3.73. The molecule has 1 aromatic rings. The van der Waals surface area contributed by atoms with E-state index in [9.17, 15) is 0 Å². The predicted molar refractivity (Wildman–Crippen MR) is 59.2 cm³/mol. The molecule has 0 saturated carbocycles. The lowest BCUT2D eigenvalue weighted by molar-refractivity contribution is 1.42. The van der Waals surface area contributed by atoms with Crippen LogP contribution in [0.2, 0.25) is 0 Å². The number of rotatable bonds is 1. The van der Waals surface area contributed by atoms with Gasteiger partial charge in [0, 0.05) is 5.75 Å². The molecule has 12 heavy (non-hydrogen) atoms. The molecule has 0 spiro atoms. The van der Waals surface area contributed by atoms with Crippen LogP contribution < -0.4 is 0 Å². The van der Waals surface area contributed by atoms with Crippen LogP contribution in [0.5, 0.6) is 0 Å². The lowest BCUT2D eigenvalue weighted by atomic mass is 10.0. The van der Waals surface area contributed by atoms with Crippen molar-refractivity contribution in [1.29, 1.82) is 0 Å².